The van der Waals surface area contributed by atoms with Crippen LogP contribution in [0.3, 0.4) is 0 Å². The van der Waals surface area contributed by atoms with Gasteiger partial charge in [0.1, 0.15) is 10.7 Å². The summed E-state index contributed by atoms with van der Waals surface area (Å²) in [5.74, 6) is -0.995. The van der Waals surface area contributed by atoms with Gasteiger partial charge in [0.15, 0.2) is 5.11 Å². The zero-order valence-corrected chi connectivity index (χ0v) is 16.7. The number of halogens is 3. The first-order valence-corrected chi connectivity index (χ1v) is 10.1. The minimum Gasteiger partial charge on any atom is -0.357 e. The lowest BCUT2D eigenvalue weighted by Crippen LogP contribution is -2.30. The van der Waals surface area contributed by atoms with Crippen LogP contribution in [0.2, 0.25) is 0 Å². The third-order valence-electron chi connectivity index (χ3n) is 3.42. The van der Waals surface area contributed by atoms with Crippen LogP contribution >= 0.6 is 12.2 Å². The molecule has 0 fully saturated rings. The molecule has 0 amide bonds. The van der Waals surface area contributed by atoms with Gasteiger partial charge in [0.2, 0.25) is 10.0 Å². The largest absolute Gasteiger partial charge is 0.357 e. The molecule has 0 aliphatic heterocycles. The monoisotopic (exact) mass is 432 g/mol. The Kier molecular flexibility index (Phi) is 7.33. The van der Waals surface area contributed by atoms with Gasteiger partial charge in [0.05, 0.1) is 17.8 Å². The number of nitrogens with one attached hydrogen (secondary N) is 3. The summed E-state index contributed by atoms with van der Waals surface area (Å²) >= 11 is 5.07. The Morgan fingerprint density at radius 3 is 2.50 bits per heavy atom. The van der Waals surface area contributed by atoms with Crippen molar-refractivity contribution in [2.75, 3.05) is 5.32 Å². The van der Waals surface area contributed by atoms with E-state index in [0.29, 0.717) is 5.69 Å². The maximum atomic E-state index is 13.3. The second-order valence-corrected chi connectivity index (χ2v) is 8.23. The van der Waals surface area contributed by atoms with Crippen LogP contribution < -0.4 is 15.4 Å². The minimum atomic E-state index is -3.63. The highest BCUT2D eigenvalue weighted by atomic mass is 32.2. The Labute approximate surface area is 166 Å². The molecule has 0 radical (unpaired) electrons. The van der Waals surface area contributed by atoms with E-state index in [9.17, 15) is 21.6 Å². The lowest BCUT2D eigenvalue weighted by molar-refractivity contribution is 0.146. The molecule has 0 atom stereocenters. The van der Waals surface area contributed by atoms with Crippen molar-refractivity contribution in [3.05, 3.63) is 53.6 Å². The van der Waals surface area contributed by atoms with Crippen LogP contribution in [0.15, 0.2) is 41.4 Å². The molecule has 152 valence electrons. The molecule has 1 aromatic heterocycles. The molecule has 2 rings (SSSR count). The van der Waals surface area contributed by atoms with Gasteiger partial charge < -0.3 is 10.6 Å². The second kappa shape index (κ2) is 9.30. The summed E-state index contributed by atoms with van der Waals surface area (Å²) in [7, 11) is -3.63. The highest BCUT2D eigenvalue weighted by Gasteiger charge is 2.16. The van der Waals surface area contributed by atoms with Crippen LogP contribution in [0, 0.1) is 5.82 Å². The Morgan fingerprint density at radius 1 is 1.21 bits per heavy atom. The second-order valence-electron chi connectivity index (χ2n) is 6.11. The molecule has 0 spiro atoms. The van der Waals surface area contributed by atoms with Gasteiger partial charge in [-0.2, -0.15) is 0 Å². The SMILES string of the molecule is CC(C)NS(=O)(=O)c1ccc(CNC(=S)Nc2ccc(F)c(C(F)F)c2)nc1. The van der Waals surface area contributed by atoms with Crippen molar-refractivity contribution in [1.29, 1.82) is 0 Å². The highest BCUT2D eigenvalue weighted by molar-refractivity contribution is 7.89. The van der Waals surface area contributed by atoms with Gasteiger partial charge in [-0.3, -0.25) is 4.98 Å². The van der Waals surface area contributed by atoms with Crippen molar-refractivity contribution in [2.45, 2.75) is 37.8 Å². The van der Waals surface area contributed by atoms with Gasteiger partial charge in [0.25, 0.3) is 6.43 Å². The van der Waals surface area contributed by atoms with E-state index in [-0.39, 0.29) is 28.3 Å². The number of aromatic nitrogens is 1. The van der Waals surface area contributed by atoms with E-state index in [1.165, 1.54) is 24.4 Å². The van der Waals surface area contributed by atoms with Crippen molar-refractivity contribution in [3.63, 3.8) is 0 Å². The quantitative estimate of drug-likeness (QED) is 0.582. The van der Waals surface area contributed by atoms with Crippen molar-refractivity contribution >= 4 is 33.0 Å². The topological polar surface area (TPSA) is 83.1 Å². The first kappa shape index (κ1) is 22.1. The van der Waals surface area contributed by atoms with Gasteiger partial charge in [-0.1, -0.05) is 0 Å². The summed E-state index contributed by atoms with van der Waals surface area (Å²) in [5, 5.41) is 5.61. The molecule has 28 heavy (non-hydrogen) atoms. The predicted molar refractivity (Wildman–Crippen MR) is 104 cm³/mol. The van der Waals surface area contributed by atoms with Crippen LogP contribution in [0.25, 0.3) is 0 Å². The fourth-order valence-electron chi connectivity index (χ4n) is 2.19. The summed E-state index contributed by atoms with van der Waals surface area (Å²) in [4.78, 5) is 4.10. The normalized spacial score (nSPS) is 11.7. The molecular weight excluding hydrogens is 413 g/mol. The molecule has 0 unspecified atom stereocenters. The molecule has 2 aromatic rings. The zero-order chi connectivity index (χ0) is 20.9. The van der Waals surface area contributed by atoms with E-state index in [1.807, 2.05) is 0 Å². The van der Waals surface area contributed by atoms with Crippen LogP contribution in [-0.2, 0) is 16.6 Å². The number of hydrogen-bond acceptors (Lipinski definition) is 4. The van der Waals surface area contributed by atoms with Crippen LogP contribution in [0.4, 0.5) is 18.9 Å². The molecule has 1 aromatic carbocycles. The van der Waals surface area contributed by atoms with Crippen LogP contribution in [-0.4, -0.2) is 24.6 Å². The lowest BCUT2D eigenvalue weighted by Gasteiger charge is -2.12. The number of pyridine rings is 1. The molecule has 0 saturated heterocycles. The Bertz CT molecular complexity index is 936. The number of anilines is 1. The first-order valence-electron chi connectivity index (χ1n) is 8.18. The Balaban J connectivity index is 1.95. The van der Waals surface area contributed by atoms with Gasteiger partial charge in [-0.25, -0.2) is 26.3 Å². The molecule has 6 nitrogen and oxygen atoms in total. The molecular formula is C17H19F3N4O2S2. The number of alkyl halides is 2. The van der Waals surface area contributed by atoms with E-state index in [0.717, 1.165) is 12.1 Å². The average Bonchev–Trinajstić information content (AvgIpc) is 2.60. The smallest absolute Gasteiger partial charge is 0.266 e. The summed E-state index contributed by atoms with van der Waals surface area (Å²) < 4.78 is 65.3. The number of thiocarbonyl (C=S) groups is 1. The maximum Gasteiger partial charge on any atom is 0.266 e. The highest BCUT2D eigenvalue weighted by Crippen LogP contribution is 2.25. The van der Waals surface area contributed by atoms with E-state index in [4.69, 9.17) is 12.2 Å². The predicted octanol–water partition coefficient (Wildman–Crippen LogP) is 3.33. The fraction of sp³-hybridized carbons (Fsp3) is 0.294. The van der Waals surface area contributed by atoms with Crippen molar-refractivity contribution in [2.24, 2.45) is 0 Å². The number of benzene rings is 1. The summed E-state index contributed by atoms with van der Waals surface area (Å²) in [6, 6.07) is 5.89. The summed E-state index contributed by atoms with van der Waals surface area (Å²) in [5.41, 5.74) is 0.00431. The van der Waals surface area contributed by atoms with E-state index in [2.05, 4.69) is 20.3 Å². The Morgan fingerprint density at radius 2 is 1.93 bits per heavy atom. The minimum absolute atomic E-state index is 0.0384. The number of hydrogen-bond donors (Lipinski definition) is 3. The van der Waals surface area contributed by atoms with Gasteiger partial charge in [0, 0.05) is 17.9 Å². The third kappa shape index (κ3) is 6.14. The van der Waals surface area contributed by atoms with Gasteiger partial charge in [-0.15, -0.1) is 0 Å². The molecule has 0 saturated carbocycles. The zero-order valence-electron chi connectivity index (χ0n) is 15.0. The number of rotatable bonds is 7. The first-order chi connectivity index (χ1) is 13.1. The Hall–Kier alpha value is -2.24. The number of nitrogens with zero attached hydrogens (tertiary/aromatic N) is 1. The molecule has 3 N–H and O–H groups in total. The fourth-order valence-corrected chi connectivity index (χ4v) is 3.57. The van der Waals surface area contributed by atoms with Crippen molar-refractivity contribution in [3.8, 4) is 0 Å². The van der Waals surface area contributed by atoms with Crippen molar-refractivity contribution in [1.82, 2.24) is 15.0 Å². The maximum absolute atomic E-state index is 13.3. The van der Waals surface area contributed by atoms with Crippen LogP contribution in [0.1, 0.15) is 31.5 Å². The van der Waals surface area contributed by atoms with Crippen LogP contribution in [0.5, 0.6) is 0 Å². The van der Waals surface area contributed by atoms with Gasteiger partial charge in [-0.05, 0) is 56.4 Å². The van der Waals surface area contributed by atoms with Crippen molar-refractivity contribution < 1.29 is 21.6 Å². The van der Waals surface area contributed by atoms with Gasteiger partial charge >= 0.3 is 0 Å². The lowest BCUT2D eigenvalue weighted by atomic mass is 10.2. The standard InChI is InChI=1S/C17H19F3N4O2S2/c1-10(2)24-28(25,26)13-5-3-12(21-9-13)8-22-17(27)23-11-4-6-15(18)14(7-11)16(19)20/h3-7,9-10,16,24H,8H2,1-2H3,(H2,22,23,27). The third-order valence-corrected chi connectivity index (χ3v) is 5.31. The molecule has 0 bridgehead atoms. The molecule has 1 heterocycles. The number of sulfonamides is 1. The van der Waals surface area contributed by atoms with E-state index >= 15 is 0 Å². The molecule has 0 aliphatic rings. The average molecular weight is 432 g/mol. The van der Waals surface area contributed by atoms with E-state index < -0.39 is 27.8 Å². The summed E-state index contributed by atoms with van der Waals surface area (Å²) in [6.45, 7) is 3.60. The summed E-state index contributed by atoms with van der Waals surface area (Å²) in [6.07, 6.45) is -1.71. The van der Waals surface area contributed by atoms with E-state index in [1.54, 1.807) is 13.8 Å². The molecule has 0 aliphatic carbocycles. The molecule has 11 heteroatoms.